The number of fused-ring (bicyclic) bond motifs is 1. The van der Waals surface area contributed by atoms with Gasteiger partial charge < -0.3 is 14.2 Å². The predicted octanol–water partition coefficient (Wildman–Crippen LogP) is 5.18. The number of methoxy groups -OCH3 is 1. The van der Waals surface area contributed by atoms with Crippen LogP contribution in [0.3, 0.4) is 0 Å². The van der Waals surface area contributed by atoms with Gasteiger partial charge in [0.15, 0.2) is 5.76 Å². The first-order valence-corrected chi connectivity index (χ1v) is 9.12. The molecule has 4 rings (SSSR count). The molecular formula is C23H15ClO5. The van der Waals surface area contributed by atoms with Crippen LogP contribution >= 0.6 is 11.6 Å². The van der Waals surface area contributed by atoms with E-state index in [1.165, 1.54) is 6.07 Å². The summed E-state index contributed by atoms with van der Waals surface area (Å²) in [4.78, 5) is 25.0. The molecule has 0 amide bonds. The summed E-state index contributed by atoms with van der Waals surface area (Å²) in [5, 5.41) is 0.298. The van der Waals surface area contributed by atoms with Crippen LogP contribution in [-0.2, 0) is 0 Å². The number of allylic oxidation sites excluding steroid dienone is 1. The third-order valence-electron chi connectivity index (χ3n) is 4.37. The van der Waals surface area contributed by atoms with Crippen molar-refractivity contribution in [1.29, 1.82) is 0 Å². The third-order valence-corrected chi connectivity index (χ3v) is 4.70. The molecule has 1 aliphatic rings. The van der Waals surface area contributed by atoms with Crippen molar-refractivity contribution in [3.05, 3.63) is 94.2 Å². The van der Waals surface area contributed by atoms with Crippen molar-refractivity contribution >= 4 is 29.4 Å². The summed E-state index contributed by atoms with van der Waals surface area (Å²) >= 11 is 6.03. The molecule has 0 aromatic heterocycles. The Kier molecular flexibility index (Phi) is 5.06. The highest BCUT2D eigenvalue weighted by Crippen LogP contribution is 2.36. The topological polar surface area (TPSA) is 61.8 Å². The van der Waals surface area contributed by atoms with Gasteiger partial charge in [0.1, 0.15) is 17.2 Å². The van der Waals surface area contributed by atoms with E-state index in [1.54, 1.807) is 55.7 Å². The first-order valence-electron chi connectivity index (χ1n) is 8.75. The summed E-state index contributed by atoms with van der Waals surface area (Å²) in [6, 6.07) is 18.5. The van der Waals surface area contributed by atoms with Crippen LogP contribution in [0.4, 0.5) is 0 Å². The van der Waals surface area contributed by atoms with Crippen molar-refractivity contribution in [1.82, 2.24) is 0 Å². The monoisotopic (exact) mass is 406 g/mol. The number of rotatable bonds is 4. The van der Waals surface area contributed by atoms with E-state index in [2.05, 4.69) is 0 Å². The average Bonchev–Trinajstić information content (AvgIpc) is 3.03. The second-order valence-corrected chi connectivity index (χ2v) is 6.62. The molecule has 144 valence electrons. The second-order valence-electron chi connectivity index (χ2n) is 6.21. The number of hydrogen-bond acceptors (Lipinski definition) is 5. The van der Waals surface area contributed by atoms with Crippen LogP contribution in [0.5, 0.6) is 17.2 Å². The maximum absolute atomic E-state index is 12.6. The quantitative estimate of drug-likeness (QED) is 0.339. The Bertz CT molecular complexity index is 1150. The second kappa shape index (κ2) is 7.81. The summed E-state index contributed by atoms with van der Waals surface area (Å²) in [6.45, 7) is 0. The van der Waals surface area contributed by atoms with E-state index in [1.807, 2.05) is 18.2 Å². The van der Waals surface area contributed by atoms with Crippen LogP contribution in [0.15, 0.2) is 72.5 Å². The van der Waals surface area contributed by atoms with E-state index in [9.17, 15) is 9.59 Å². The molecule has 29 heavy (non-hydrogen) atoms. The highest BCUT2D eigenvalue weighted by molar-refractivity contribution is 6.33. The number of para-hydroxylation sites is 1. The first-order chi connectivity index (χ1) is 14.1. The van der Waals surface area contributed by atoms with Gasteiger partial charge in [-0.3, -0.25) is 4.79 Å². The minimum absolute atomic E-state index is 0.166. The summed E-state index contributed by atoms with van der Waals surface area (Å²) < 4.78 is 16.4. The molecule has 0 radical (unpaired) electrons. The van der Waals surface area contributed by atoms with Crippen molar-refractivity contribution in [3.63, 3.8) is 0 Å². The predicted molar refractivity (Wildman–Crippen MR) is 109 cm³/mol. The Hall–Kier alpha value is -3.57. The fraction of sp³-hybridized carbons (Fsp3) is 0.0435. The molecule has 0 bridgehead atoms. The van der Waals surface area contributed by atoms with Crippen molar-refractivity contribution in [2.24, 2.45) is 0 Å². The smallest absolute Gasteiger partial charge is 0.345 e. The largest absolute Gasteiger partial charge is 0.496 e. The molecule has 1 heterocycles. The number of ketones is 1. The van der Waals surface area contributed by atoms with Gasteiger partial charge in [-0.1, -0.05) is 41.9 Å². The van der Waals surface area contributed by atoms with E-state index >= 15 is 0 Å². The Morgan fingerprint density at radius 1 is 1.03 bits per heavy atom. The fourth-order valence-electron chi connectivity index (χ4n) is 2.95. The van der Waals surface area contributed by atoms with Gasteiger partial charge in [0, 0.05) is 11.6 Å². The van der Waals surface area contributed by atoms with Gasteiger partial charge in [-0.15, -0.1) is 0 Å². The summed E-state index contributed by atoms with van der Waals surface area (Å²) in [5.41, 5.74) is 1.36. The van der Waals surface area contributed by atoms with E-state index in [0.717, 1.165) is 5.56 Å². The highest BCUT2D eigenvalue weighted by atomic mass is 35.5. The molecule has 0 saturated carbocycles. The average molecular weight is 407 g/mol. The minimum atomic E-state index is -0.593. The normalized spacial score (nSPS) is 13.7. The number of halogens is 1. The number of esters is 1. The van der Waals surface area contributed by atoms with Crippen LogP contribution in [0.25, 0.3) is 6.08 Å². The number of benzene rings is 3. The lowest BCUT2D eigenvalue weighted by Gasteiger charge is -2.07. The Labute approximate surface area is 172 Å². The van der Waals surface area contributed by atoms with Crippen molar-refractivity contribution in [3.8, 4) is 17.2 Å². The van der Waals surface area contributed by atoms with Gasteiger partial charge >= 0.3 is 5.97 Å². The Morgan fingerprint density at radius 3 is 2.59 bits per heavy atom. The molecule has 0 spiro atoms. The van der Waals surface area contributed by atoms with E-state index in [0.29, 0.717) is 22.1 Å². The zero-order valence-electron chi connectivity index (χ0n) is 15.3. The van der Waals surface area contributed by atoms with Gasteiger partial charge in [-0.25, -0.2) is 4.79 Å². The molecule has 0 atom stereocenters. The number of hydrogen-bond donors (Lipinski definition) is 0. The fourth-order valence-corrected chi connectivity index (χ4v) is 3.16. The lowest BCUT2D eigenvalue weighted by atomic mass is 10.1. The first kappa shape index (κ1) is 18.8. The van der Waals surface area contributed by atoms with E-state index in [4.69, 9.17) is 25.8 Å². The standard InChI is InChI=1S/C23H15ClO5/c1-27-19-9-5-2-6-14(19)12-21-22(25)17-11-10-15(13-20(17)29-21)28-23(26)16-7-3-4-8-18(16)24/h2-13H,1H3. The van der Waals surface area contributed by atoms with Crippen molar-refractivity contribution in [2.75, 3.05) is 7.11 Å². The number of ether oxygens (including phenoxy) is 3. The molecule has 0 unspecified atom stereocenters. The lowest BCUT2D eigenvalue weighted by Crippen LogP contribution is -2.09. The van der Waals surface area contributed by atoms with Gasteiger partial charge in [0.05, 0.1) is 23.3 Å². The van der Waals surface area contributed by atoms with Gasteiger partial charge in [-0.05, 0) is 36.4 Å². The summed E-state index contributed by atoms with van der Waals surface area (Å²) in [5.74, 6) is 0.515. The van der Waals surface area contributed by atoms with Crippen LogP contribution in [0.1, 0.15) is 26.3 Å². The molecule has 0 N–H and O–H groups in total. The minimum Gasteiger partial charge on any atom is -0.496 e. The SMILES string of the molecule is COc1ccccc1C=C1Oc2cc(OC(=O)c3ccccc3Cl)ccc2C1=O. The number of carbonyl (C=O) groups excluding carboxylic acids is 2. The number of Topliss-reactive ketones (excluding diaryl/α,β-unsaturated/α-hetero) is 1. The van der Waals surface area contributed by atoms with Crippen molar-refractivity contribution in [2.45, 2.75) is 0 Å². The summed E-state index contributed by atoms with van der Waals surface area (Å²) in [6.07, 6.45) is 1.62. The molecule has 0 aliphatic carbocycles. The van der Waals surface area contributed by atoms with Gasteiger partial charge in [0.2, 0.25) is 5.78 Å². The van der Waals surface area contributed by atoms with E-state index < -0.39 is 5.97 Å². The molecule has 5 nitrogen and oxygen atoms in total. The Morgan fingerprint density at radius 2 is 1.79 bits per heavy atom. The number of carbonyl (C=O) groups is 2. The zero-order chi connectivity index (χ0) is 20.4. The molecule has 0 saturated heterocycles. The maximum Gasteiger partial charge on any atom is 0.345 e. The van der Waals surface area contributed by atoms with Gasteiger partial charge in [-0.2, -0.15) is 0 Å². The zero-order valence-corrected chi connectivity index (χ0v) is 16.1. The van der Waals surface area contributed by atoms with Crippen LogP contribution in [0.2, 0.25) is 5.02 Å². The van der Waals surface area contributed by atoms with Crippen LogP contribution < -0.4 is 14.2 Å². The van der Waals surface area contributed by atoms with Crippen LogP contribution in [-0.4, -0.2) is 18.9 Å². The maximum atomic E-state index is 12.6. The van der Waals surface area contributed by atoms with E-state index in [-0.39, 0.29) is 22.9 Å². The molecule has 6 heteroatoms. The molecule has 3 aromatic rings. The molecule has 3 aromatic carbocycles. The van der Waals surface area contributed by atoms with Crippen molar-refractivity contribution < 1.29 is 23.8 Å². The highest BCUT2D eigenvalue weighted by Gasteiger charge is 2.28. The lowest BCUT2D eigenvalue weighted by molar-refractivity contribution is 0.0734. The molecular weight excluding hydrogens is 392 g/mol. The molecule has 1 aliphatic heterocycles. The van der Waals surface area contributed by atoms with Crippen LogP contribution in [0, 0.1) is 0 Å². The van der Waals surface area contributed by atoms with Gasteiger partial charge in [0.25, 0.3) is 0 Å². The Balaban J connectivity index is 1.58. The third kappa shape index (κ3) is 3.73. The molecule has 0 fully saturated rings. The summed E-state index contributed by atoms with van der Waals surface area (Å²) in [7, 11) is 1.56.